The van der Waals surface area contributed by atoms with Gasteiger partial charge in [0.15, 0.2) is 0 Å². The van der Waals surface area contributed by atoms with Gasteiger partial charge in [-0.25, -0.2) is 9.18 Å². The van der Waals surface area contributed by atoms with Crippen molar-refractivity contribution >= 4 is 17.6 Å². The third-order valence-corrected chi connectivity index (χ3v) is 9.31. The van der Waals surface area contributed by atoms with Crippen LogP contribution >= 0.6 is 0 Å². The van der Waals surface area contributed by atoms with Crippen LogP contribution in [-0.4, -0.2) is 66.2 Å². The highest BCUT2D eigenvalue weighted by molar-refractivity contribution is 5.98. The molecular weight excluding hydrogens is 622 g/mol. The number of carboxylic acid groups (broad SMARTS) is 1. The van der Waals surface area contributed by atoms with E-state index in [2.05, 4.69) is 5.32 Å². The lowest BCUT2D eigenvalue weighted by Gasteiger charge is -2.38. The van der Waals surface area contributed by atoms with Gasteiger partial charge in [0, 0.05) is 37.0 Å². The molecule has 47 heavy (non-hydrogen) atoms. The summed E-state index contributed by atoms with van der Waals surface area (Å²) in [5.74, 6) is -2.95. The Bertz CT molecular complexity index is 1780. The van der Waals surface area contributed by atoms with Crippen molar-refractivity contribution in [3.63, 3.8) is 0 Å². The number of aromatic nitrogens is 1. The van der Waals surface area contributed by atoms with Crippen molar-refractivity contribution < 1.29 is 41.7 Å². The van der Waals surface area contributed by atoms with Crippen molar-refractivity contribution in [2.75, 3.05) is 31.3 Å². The van der Waals surface area contributed by atoms with Gasteiger partial charge < -0.3 is 29.4 Å². The zero-order valence-electron chi connectivity index (χ0n) is 26.8. The number of carbonyl (C=O) groups is 2. The van der Waals surface area contributed by atoms with E-state index < -0.39 is 48.1 Å². The first kappa shape index (κ1) is 34.0. The minimum absolute atomic E-state index is 0.0203. The highest BCUT2D eigenvalue weighted by atomic mass is 19.4. The molecule has 5 rings (SSSR count). The van der Waals surface area contributed by atoms with Crippen molar-refractivity contribution in [1.29, 1.82) is 0 Å². The molecule has 0 aliphatic carbocycles. The van der Waals surface area contributed by atoms with Crippen molar-refractivity contribution in [3.8, 4) is 16.9 Å². The number of amides is 1. The van der Waals surface area contributed by atoms with Gasteiger partial charge in [0.05, 0.1) is 30.9 Å². The summed E-state index contributed by atoms with van der Waals surface area (Å²) in [5, 5.41) is 12.5. The fraction of sp³-hybridized carbons (Fsp3) is 0.441. The van der Waals surface area contributed by atoms with Crippen LogP contribution in [0.25, 0.3) is 11.1 Å². The third-order valence-electron chi connectivity index (χ3n) is 9.31. The molecule has 2 atom stereocenters. The number of anilines is 1. The second-order valence-corrected chi connectivity index (χ2v) is 12.1. The van der Waals surface area contributed by atoms with Crippen LogP contribution in [-0.2, 0) is 29.4 Å². The predicted octanol–water partition coefficient (Wildman–Crippen LogP) is 4.94. The minimum Gasteiger partial charge on any atom is -0.493 e. The number of hydrogen-bond donors (Lipinski definition) is 2. The number of aliphatic carboxylic acids is 1. The Balaban J connectivity index is 1.44. The number of carbonyl (C=O) groups excluding carboxylic acids is 1. The Kier molecular flexibility index (Phi) is 9.40. The molecule has 1 fully saturated rings. The Morgan fingerprint density at radius 2 is 1.83 bits per heavy atom. The van der Waals surface area contributed by atoms with Gasteiger partial charge in [0.1, 0.15) is 23.7 Å². The fourth-order valence-corrected chi connectivity index (χ4v) is 6.44. The van der Waals surface area contributed by atoms with Gasteiger partial charge in [-0.2, -0.15) is 13.2 Å². The molecule has 0 radical (unpaired) electrons. The standard InChI is InChI=1S/C34H37F4N3O6/c1-17-13-22(41-10-12-46-16-27(41)34(36,37)38)15-25(35)28(17)31(42)39-26(33(44)45)14-21-8-9-24(30-23(21)7-6-11-47-30)29-19(3)18(2)20(4)40(5)32(29)43/h8-9,13,15,26-27H,6-7,10-12,14,16H2,1-5H3,(H,39,42)(H,44,45)/t26-,27+/m0/s1. The Morgan fingerprint density at radius 3 is 2.49 bits per heavy atom. The lowest BCUT2D eigenvalue weighted by molar-refractivity contribution is -0.167. The van der Waals surface area contributed by atoms with Crippen molar-refractivity contribution in [3.05, 3.63) is 79.5 Å². The summed E-state index contributed by atoms with van der Waals surface area (Å²) in [7, 11) is 1.70. The first-order valence-electron chi connectivity index (χ1n) is 15.3. The molecule has 1 amide bonds. The number of ether oxygens (including phenoxy) is 2. The number of benzene rings is 2. The number of alkyl halides is 3. The van der Waals surface area contributed by atoms with E-state index in [9.17, 15) is 32.7 Å². The first-order chi connectivity index (χ1) is 22.1. The second-order valence-electron chi connectivity index (χ2n) is 12.1. The zero-order chi connectivity index (χ0) is 34.4. The van der Waals surface area contributed by atoms with Gasteiger partial charge >= 0.3 is 12.1 Å². The topological polar surface area (TPSA) is 110 Å². The van der Waals surface area contributed by atoms with Crippen molar-refractivity contribution in [1.82, 2.24) is 9.88 Å². The third kappa shape index (κ3) is 6.45. The molecule has 13 heteroatoms. The zero-order valence-corrected chi connectivity index (χ0v) is 26.8. The summed E-state index contributed by atoms with van der Waals surface area (Å²) in [6.45, 7) is 6.77. The number of rotatable bonds is 7. The number of nitrogens with zero attached hydrogens (tertiary/aromatic N) is 2. The highest BCUT2D eigenvalue weighted by Crippen LogP contribution is 2.40. The van der Waals surface area contributed by atoms with E-state index in [1.54, 1.807) is 23.7 Å². The Hall–Kier alpha value is -4.39. The summed E-state index contributed by atoms with van der Waals surface area (Å²) < 4.78 is 68.9. The minimum atomic E-state index is -4.62. The van der Waals surface area contributed by atoms with Gasteiger partial charge in [-0.3, -0.25) is 9.59 Å². The number of pyridine rings is 1. The molecular formula is C34H37F4N3O6. The fourth-order valence-electron chi connectivity index (χ4n) is 6.44. The number of morpholine rings is 1. The maximum atomic E-state index is 15.4. The summed E-state index contributed by atoms with van der Waals surface area (Å²) in [5.41, 5.74) is 4.39. The van der Waals surface area contributed by atoms with E-state index in [1.807, 2.05) is 20.8 Å². The largest absolute Gasteiger partial charge is 0.493 e. The van der Waals surface area contributed by atoms with Crippen LogP contribution in [0.15, 0.2) is 29.1 Å². The maximum Gasteiger partial charge on any atom is 0.411 e. The van der Waals surface area contributed by atoms with E-state index in [0.717, 1.165) is 33.4 Å². The van der Waals surface area contributed by atoms with E-state index in [0.29, 0.717) is 41.9 Å². The van der Waals surface area contributed by atoms with Gasteiger partial charge in [0.25, 0.3) is 11.5 Å². The maximum absolute atomic E-state index is 15.4. The molecule has 2 N–H and O–H groups in total. The average molecular weight is 660 g/mol. The predicted molar refractivity (Wildman–Crippen MR) is 167 cm³/mol. The van der Waals surface area contributed by atoms with Gasteiger partial charge in [0.2, 0.25) is 0 Å². The smallest absolute Gasteiger partial charge is 0.411 e. The molecule has 0 unspecified atom stereocenters. The Labute approximate surface area is 269 Å². The van der Waals surface area contributed by atoms with Crippen LogP contribution < -0.4 is 20.5 Å². The molecule has 2 aliphatic heterocycles. The second kappa shape index (κ2) is 13.0. The van der Waals surface area contributed by atoms with E-state index in [-0.39, 0.29) is 36.4 Å². The molecule has 0 spiro atoms. The highest BCUT2D eigenvalue weighted by Gasteiger charge is 2.45. The summed E-state index contributed by atoms with van der Waals surface area (Å²) in [4.78, 5) is 40.0. The molecule has 0 bridgehead atoms. The van der Waals surface area contributed by atoms with E-state index >= 15 is 4.39 Å². The molecule has 0 saturated carbocycles. The number of fused-ring (bicyclic) bond motifs is 1. The number of carboxylic acids is 1. The van der Waals surface area contributed by atoms with Crippen LogP contribution in [0.1, 0.15) is 50.3 Å². The summed E-state index contributed by atoms with van der Waals surface area (Å²) in [6.07, 6.45) is -3.56. The van der Waals surface area contributed by atoms with Crippen LogP contribution in [0.4, 0.5) is 23.2 Å². The summed E-state index contributed by atoms with van der Waals surface area (Å²) >= 11 is 0. The average Bonchev–Trinajstić information content (AvgIpc) is 3.02. The molecule has 2 aromatic carbocycles. The molecule has 3 heterocycles. The molecule has 9 nitrogen and oxygen atoms in total. The first-order valence-corrected chi connectivity index (χ1v) is 15.3. The van der Waals surface area contributed by atoms with Crippen molar-refractivity contribution in [2.24, 2.45) is 7.05 Å². The molecule has 252 valence electrons. The van der Waals surface area contributed by atoms with E-state index in [1.165, 1.54) is 13.0 Å². The quantitative estimate of drug-likeness (QED) is 0.346. The van der Waals surface area contributed by atoms with Crippen LogP contribution in [0.2, 0.25) is 0 Å². The van der Waals surface area contributed by atoms with Crippen LogP contribution in [0, 0.1) is 33.5 Å². The normalized spacial score (nSPS) is 17.1. The van der Waals surface area contributed by atoms with Crippen LogP contribution in [0.5, 0.6) is 5.75 Å². The van der Waals surface area contributed by atoms with Gasteiger partial charge in [-0.1, -0.05) is 12.1 Å². The van der Waals surface area contributed by atoms with Gasteiger partial charge in [-0.05, 0) is 80.5 Å². The van der Waals surface area contributed by atoms with Crippen LogP contribution in [0.3, 0.4) is 0 Å². The van der Waals surface area contributed by atoms with Gasteiger partial charge in [-0.15, -0.1) is 0 Å². The lowest BCUT2D eigenvalue weighted by Crippen LogP contribution is -2.53. The number of aryl methyl sites for hydroxylation is 1. The van der Waals surface area contributed by atoms with Crippen molar-refractivity contribution in [2.45, 2.75) is 65.2 Å². The monoisotopic (exact) mass is 659 g/mol. The number of halogens is 4. The molecule has 3 aromatic rings. The SMILES string of the molecule is Cc1cc(N2CCOC[C@@H]2C(F)(F)F)cc(F)c1C(=O)N[C@@H](Cc1ccc(-c2c(C)c(C)c(C)n(C)c2=O)c2c1CCCO2)C(=O)O. The Morgan fingerprint density at radius 1 is 1.11 bits per heavy atom. The molecule has 1 saturated heterocycles. The lowest BCUT2D eigenvalue weighted by atomic mass is 9.88. The number of nitrogens with one attached hydrogen (secondary N) is 1. The molecule has 1 aromatic heterocycles. The van der Waals surface area contributed by atoms with E-state index in [4.69, 9.17) is 9.47 Å². The molecule has 2 aliphatic rings. The summed E-state index contributed by atoms with van der Waals surface area (Å²) in [6, 6.07) is 2.13. The number of hydrogen-bond acceptors (Lipinski definition) is 6.